The fourth-order valence-corrected chi connectivity index (χ4v) is 3.92. The van der Waals surface area contributed by atoms with Crippen LogP contribution in [0.1, 0.15) is 11.3 Å². The lowest BCUT2D eigenvalue weighted by Crippen LogP contribution is -2.54. The van der Waals surface area contributed by atoms with Crippen molar-refractivity contribution in [2.24, 2.45) is 0 Å². The Morgan fingerprint density at radius 1 is 1.06 bits per heavy atom. The first-order valence-corrected chi connectivity index (χ1v) is 10.7. The molecule has 3 aromatic rings. The zero-order valence-corrected chi connectivity index (χ0v) is 19.7. The van der Waals surface area contributed by atoms with Crippen LogP contribution in [-0.4, -0.2) is 35.7 Å². The number of halogens is 1. The average molecular weight is 482 g/mol. The minimum Gasteiger partial charge on any atom is -0.497 e. The Hall–Kier alpha value is -3.62. The number of carbonyl (C=O) groups excluding carboxylic acids is 2. The summed E-state index contributed by atoms with van der Waals surface area (Å²) in [7, 11) is 3.01. The minimum atomic E-state index is -0.580. The van der Waals surface area contributed by atoms with Gasteiger partial charge in [-0.3, -0.25) is 14.9 Å². The van der Waals surface area contributed by atoms with Crippen molar-refractivity contribution in [2.45, 2.75) is 6.92 Å². The Labute approximate surface area is 201 Å². The van der Waals surface area contributed by atoms with E-state index in [0.717, 1.165) is 11.3 Å². The van der Waals surface area contributed by atoms with E-state index in [1.807, 2.05) is 42.0 Å². The van der Waals surface area contributed by atoms with E-state index in [4.69, 9.17) is 33.3 Å². The van der Waals surface area contributed by atoms with E-state index in [9.17, 15) is 9.59 Å². The molecule has 4 rings (SSSR count). The number of methoxy groups -OCH3 is 2. The summed E-state index contributed by atoms with van der Waals surface area (Å²) in [5.41, 5.74) is 2.70. The highest BCUT2D eigenvalue weighted by Gasteiger charge is 2.36. The molecule has 2 aromatic carbocycles. The second-order valence-corrected chi connectivity index (χ2v) is 8.03. The van der Waals surface area contributed by atoms with Crippen molar-refractivity contribution in [2.75, 3.05) is 19.1 Å². The first-order valence-electron chi connectivity index (χ1n) is 9.91. The van der Waals surface area contributed by atoms with E-state index >= 15 is 0 Å². The van der Waals surface area contributed by atoms with Crippen molar-refractivity contribution in [1.29, 1.82) is 0 Å². The number of thiocarbonyl (C=S) groups is 1. The molecular formula is C24H20ClN3O4S. The lowest BCUT2D eigenvalue weighted by Gasteiger charge is -2.30. The number of ether oxygens (including phenoxy) is 2. The number of rotatable bonds is 5. The molecule has 168 valence electrons. The Balaban J connectivity index is 1.76. The highest BCUT2D eigenvalue weighted by atomic mass is 35.5. The number of aryl methyl sites for hydroxylation is 1. The molecule has 0 atom stereocenters. The van der Waals surface area contributed by atoms with Gasteiger partial charge in [-0.1, -0.05) is 17.7 Å². The summed E-state index contributed by atoms with van der Waals surface area (Å²) in [6, 6.07) is 14.2. The largest absolute Gasteiger partial charge is 0.497 e. The fraction of sp³-hybridized carbons (Fsp3) is 0.125. The number of nitrogens with one attached hydrogen (secondary N) is 1. The molecule has 33 heavy (non-hydrogen) atoms. The Morgan fingerprint density at radius 3 is 2.55 bits per heavy atom. The van der Waals surface area contributed by atoms with E-state index in [1.54, 1.807) is 24.3 Å². The second-order valence-electron chi connectivity index (χ2n) is 7.23. The van der Waals surface area contributed by atoms with Gasteiger partial charge in [0.2, 0.25) is 0 Å². The van der Waals surface area contributed by atoms with Gasteiger partial charge in [-0.2, -0.15) is 0 Å². The molecule has 2 heterocycles. The summed E-state index contributed by atoms with van der Waals surface area (Å²) < 4.78 is 12.5. The van der Waals surface area contributed by atoms with E-state index in [0.29, 0.717) is 27.9 Å². The van der Waals surface area contributed by atoms with E-state index in [1.165, 1.54) is 25.2 Å². The zero-order valence-electron chi connectivity index (χ0n) is 18.1. The molecule has 0 radical (unpaired) electrons. The third-order valence-electron chi connectivity index (χ3n) is 5.24. The van der Waals surface area contributed by atoms with Crippen molar-refractivity contribution < 1.29 is 19.1 Å². The van der Waals surface area contributed by atoms with Gasteiger partial charge < -0.3 is 14.0 Å². The molecule has 0 unspecified atom stereocenters. The van der Waals surface area contributed by atoms with Gasteiger partial charge in [-0.15, -0.1) is 0 Å². The Kier molecular flexibility index (Phi) is 6.22. The van der Waals surface area contributed by atoms with Crippen LogP contribution in [-0.2, 0) is 9.59 Å². The van der Waals surface area contributed by atoms with Crippen LogP contribution in [0, 0.1) is 6.92 Å². The van der Waals surface area contributed by atoms with E-state index in [-0.39, 0.29) is 10.7 Å². The van der Waals surface area contributed by atoms with Gasteiger partial charge in [0.05, 0.1) is 19.9 Å². The molecule has 1 fully saturated rings. The van der Waals surface area contributed by atoms with Gasteiger partial charge in [0.25, 0.3) is 11.8 Å². The quantitative estimate of drug-likeness (QED) is 0.334. The van der Waals surface area contributed by atoms with Gasteiger partial charge in [0, 0.05) is 28.7 Å². The monoisotopic (exact) mass is 481 g/mol. The molecule has 7 nitrogen and oxygen atoms in total. The zero-order chi connectivity index (χ0) is 23.7. The fourth-order valence-electron chi connectivity index (χ4n) is 3.47. The van der Waals surface area contributed by atoms with Gasteiger partial charge in [0.15, 0.2) is 5.11 Å². The van der Waals surface area contributed by atoms with Gasteiger partial charge >= 0.3 is 0 Å². The maximum Gasteiger partial charge on any atom is 0.270 e. The third-order valence-corrected chi connectivity index (χ3v) is 5.93. The number of nitrogens with zero attached hydrogens (tertiary/aromatic N) is 2. The van der Waals surface area contributed by atoms with Crippen molar-refractivity contribution in [3.8, 4) is 17.2 Å². The summed E-state index contributed by atoms with van der Waals surface area (Å²) >= 11 is 11.6. The van der Waals surface area contributed by atoms with E-state index < -0.39 is 11.8 Å². The van der Waals surface area contributed by atoms with Crippen LogP contribution < -0.4 is 19.7 Å². The van der Waals surface area contributed by atoms with Crippen LogP contribution in [0.4, 0.5) is 5.69 Å². The summed E-state index contributed by atoms with van der Waals surface area (Å²) in [5, 5.41) is 3.17. The lowest BCUT2D eigenvalue weighted by atomic mass is 10.1. The maximum atomic E-state index is 13.4. The van der Waals surface area contributed by atoms with Gasteiger partial charge in [0.1, 0.15) is 17.1 Å². The predicted molar refractivity (Wildman–Crippen MR) is 131 cm³/mol. The molecular weight excluding hydrogens is 462 g/mol. The van der Waals surface area contributed by atoms with Crippen LogP contribution in [0.5, 0.6) is 11.5 Å². The van der Waals surface area contributed by atoms with Crippen LogP contribution in [0.3, 0.4) is 0 Å². The first kappa shape index (κ1) is 22.6. The highest BCUT2D eigenvalue weighted by Crippen LogP contribution is 2.34. The van der Waals surface area contributed by atoms with E-state index in [2.05, 4.69) is 5.32 Å². The van der Waals surface area contributed by atoms with Crippen LogP contribution >= 0.6 is 23.8 Å². The number of hydrogen-bond donors (Lipinski definition) is 1. The summed E-state index contributed by atoms with van der Waals surface area (Å²) in [6.07, 6.45) is 3.35. The topological polar surface area (TPSA) is 72.8 Å². The molecule has 1 saturated heterocycles. The standard InChI is InChI=1S/C24H20ClN3O4S/c1-14-6-7-16(12-19(14)25)27-10-4-5-15(27)11-18-22(29)26-24(33)28(23(18)30)20-9-8-17(31-2)13-21(20)32-3/h4-13H,1-3H3,(H,26,29,33)/b18-11+. The second kappa shape index (κ2) is 9.09. The SMILES string of the molecule is COc1ccc(N2C(=O)/C(=C/c3cccn3-c3ccc(C)c(Cl)c3)C(=O)NC2=S)c(OC)c1. The van der Waals surface area contributed by atoms with Crippen LogP contribution in [0.25, 0.3) is 11.8 Å². The molecule has 1 aromatic heterocycles. The Bertz CT molecular complexity index is 1310. The normalized spacial score (nSPS) is 15.1. The summed E-state index contributed by atoms with van der Waals surface area (Å²) in [6.45, 7) is 1.92. The molecule has 0 aliphatic carbocycles. The van der Waals surface area contributed by atoms with Crippen molar-refractivity contribution in [3.63, 3.8) is 0 Å². The highest BCUT2D eigenvalue weighted by molar-refractivity contribution is 7.80. The Morgan fingerprint density at radius 2 is 1.85 bits per heavy atom. The predicted octanol–water partition coefficient (Wildman–Crippen LogP) is 4.29. The number of aromatic nitrogens is 1. The summed E-state index contributed by atoms with van der Waals surface area (Å²) in [5.74, 6) is -0.219. The minimum absolute atomic E-state index is 0.0358. The molecule has 1 aliphatic rings. The molecule has 0 bridgehead atoms. The van der Waals surface area contributed by atoms with Gasteiger partial charge in [-0.25, -0.2) is 4.90 Å². The number of amides is 2. The van der Waals surface area contributed by atoms with Crippen LogP contribution in [0.2, 0.25) is 5.02 Å². The maximum absolute atomic E-state index is 13.4. The van der Waals surface area contributed by atoms with Crippen molar-refractivity contribution in [1.82, 2.24) is 9.88 Å². The molecule has 1 aliphatic heterocycles. The van der Waals surface area contributed by atoms with Gasteiger partial charge in [-0.05, 0) is 67.2 Å². The molecule has 0 saturated carbocycles. The summed E-state index contributed by atoms with van der Waals surface area (Å²) in [4.78, 5) is 27.4. The smallest absolute Gasteiger partial charge is 0.270 e. The number of carbonyl (C=O) groups is 2. The third kappa shape index (κ3) is 4.22. The van der Waals surface area contributed by atoms with Crippen molar-refractivity contribution in [3.05, 3.63) is 76.6 Å². The average Bonchev–Trinajstić information content (AvgIpc) is 3.26. The number of benzene rings is 2. The molecule has 1 N–H and O–H groups in total. The molecule has 9 heteroatoms. The number of anilines is 1. The molecule has 2 amide bonds. The first-order chi connectivity index (χ1) is 15.8. The van der Waals surface area contributed by atoms with Crippen LogP contribution in [0.15, 0.2) is 60.3 Å². The lowest BCUT2D eigenvalue weighted by molar-refractivity contribution is -0.122. The molecule has 0 spiro atoms. The van der Waals surface area contributed by atoms with Crippen molar-refractivity contribution >= 4 is 52.5 Å². The number of hydrogen-bond acceptors (Lipinski definition) is 5.